The second-order valence-electron chi connectivity index (χ2n) is 4.50. The number of hydrogen-bond acceptors (Lipinski definition) is 7. The van der Waals surface area contributed by atoms with Crippen molar-refractivity contribution in [1.29, 1.82) is 0 Å². The van der Waals surface area contributed by atoms with Crippen molar-refractivity contribution < 1.29 is 18.4 Å². The molecular weight excluding hydrogens is 306 g/mol. The molecule has 1 heterocycles. The molecule has 0 aromatic carbocycles. The highest BCUT2D eigenvalue weighted by Crippen LogP contribution is 2.38. The molecule has 0 amide bonds. The van der Waals surface area contributed by atoms with Gasteiger partial charge < -0.3 is 10.8 Å². The van der Waals surface area contributed by atoms with E-state index in [1.807, 2.05) is 0 Å². The van der Waals surface area contributed by atoms with Crippen molar-refractivity contribution in [2.24, 2.45) is 0 Å². The van der Waals surface area contributed by atoms with E-state index in [-0.39, 0.29) is 28.4 Å². The lowest BCUT2D eigenvalue weighted by molar-refractivity contribution is -0.383. The zero-order chi connectivity index (χ0) is 14.9. The third-order valence-electron chi connectivity index (χ3n) is 3.28. The summed E-state index contributed by atoms with van der Waals surface area (Å²) in [6.45, 7) is -0.308. The number of thiophene rings is 1. The molecule has 2 rings (SSSR count). The van der Waals surface area contributed by atoms with Gasteiger partial charge in [0, 0.05) is 18.7 Å². The summed E-state index contributed by atoms with van der Waals surface area (Å²) >= 11 is 0.681. The topological polar surface area (TPSA) is 127 Å². The maximum Gasteiger partial charge on any atom is 0.304 e. The number of aliphatic hydroxyl groups excluding tert-OH is 1. The van der Waals surface area contributed by atoms with E-state index in [0.717, 1.165) is 25.3 Å². The van der Waals surface area contributed by atoms with Gasteiger partial charge in [-0.05, 0) is 12.8 Å². The average molecular weight is 321 g/mol. The number of rotatable bonds is 6. The summed E-state index contributed by atoms with van der Waals surface area (Å²) < 4.78 is 26.0. The van der Waals surface area contributed by atoms with Gasteiger partial charge in [-0.15, -0.1) is 0 Å². The minimum absolute atomic E-state index is 0.0153. The van der Waals surface area contributed by atoms with E-state index in [1.54, 1.807) is 0 Å². The maximum absolute atomic E-state index is 12.5. The van der Waals surface area contributed by atoms with Crippen LogP contribution in [-0.2, 0) is 10.0 Å². The molecule has 1 aliphatic rings. The Kier molecular flexibility index (Phi) is 4.28. The predicted molar refractivity (Wildman–Crippen MR) is 74.0 cm³/mol. The van der Waals surface area contributed by atoms with E-state index in [0.29, 0.717) is 11.3 Å². The predicted octanol–water partition coefficient (Wildman–Crippen LogP) is 0.774. The Labute approximate surface area is 120 Å². The van der Waals surface area contributed by atoms with Crippen molar-refractivity contribution in [2.45, 2.75) is 29.5 Å². The van der Waals surface area contributed by atoms with E-state index in [9.17, 15) is 18.5 Å². The van der Waals surface area contributed by atoms with E-state index in [2.05, 4.69) is 0 Å². The van der Waals surface area contributed by atoms with Crippen molar-refractivity contribution in [3.05, 3.63) is 16.2 Å². The van der Waals surface area contributed by atoms with Crippen LogP contribution in [0.2, 0.25) is 0 Å². The normalized spacial score (nSPS) is 16.3. The lowest BCUT2D eigenvalue weighted by atomic mass is 9.93. The molecule has 112 valence electrons. The van der Waals surface area contributed by atoms with Crippen LogP contribution in [0.5, 0.6) is 0 Å². The fourth-order valence-corrected chi connectivity index (χ4v) is 5.05. The third kappa shape index (κ3) is 2.64. The molecule has 0 radical (unpaired) electrons. The van der Waals surface area contributed by atoms with E-state index >= 15 is 0 Å². The van der Waals surface area contributed by atoms with Crippen molar-refractivity contribution >= 4 is 32.0 Å². The molecule has 1 saturated carbocycles. The van der Waals surface area contributed by atoms with Crippen LogP contribution in [0.15, 0.2) is 10.3 Å². The van der Waals surface area contributed by atoms with Crippen LogP contribution in [0.4, 0.5) is 10.7 Å². The van der Waals surface area contributed by atoms with Crippen LogP contribution >= 0.6 is 11.3 Å². The zero-order valence-electron chi connectivity index (χ0n) is 10.6. The number of anilines is 1. The number of sulfonamides is 1. The van der Waals surface area contributed by atoms with Gasteiger partial charge in [0.05, 0.1) is 11.5 Å². The van der Waals surface area contributed by atoms with Crippen LogP contribution in [0.1, 0.15) is 19.3 Å². The Morgan fingerprint density at radius 2 is 2.20 bits per heavy atom. The Bertz CT molecular complexity index is 608. The maximum atomic E-state index is 12.5. The Morgan fingerprint density at radius 1 is 1.55 bits per heavy atom. The lowest BCUT2D eigenvalue weighted by Gasteiger charge is -2.35. The molecule has 1 aromatic heterocycles. The monoisotopic (exact) mass is 321 g/mol. The fourth-order valence-electron chi connectivity index (χ4n) is 2.03. The molecule has 0 unspecified atom stereocenters. The van der Waals surface area contributed by atoms with Crippen LogP contribution in [-0.4, -0.2) is 41.9 Å². The number of nitrogens with zero attached hydrogens (tertiary/aromatic N) is 2. The first-order valence-corrected chi connectivity index (χ1v) is 8.30. The van der Waals surface area contributed by atoms with Crippen molar-refractivity contribution in [2.75, 3.05) is 18.9 Å². The second-order valence-corrected chi connectivity index (χ2v) is 7.70. The van der Waals surface area contributed by atoms with Gasteiger partial charge in [0.1, 0.15) is 4.21 Å². The third-order valence-corrected chi connectivity index (χ3v) is 6.63. The number of hydrogen-bond donors (Lipinski definition) is 2. The number of nitrogens with two attached hydrogens (primary N) is 1. The quantitative estimate of drug-likeness (QED) is 0.588. The first-order chi connectivity index (χ1) is 9.37. The van der Waals surface area contributed by atoms with Gasteiger partial charge in [-0.2, -0.15) is 4.31 Å². The van der Waals surface area contributed by atoms with Crippen molar-refractivity contribution in [3.8, 4) is 0 Å². The van der Waals surface area contributed by atoms with Crippen LogP contribution < -0.4 is 5.73 Å². The molecular formula is C10H15N3O5S2. The fraction of sp³-hybridized carbons (Fsp3) is 0.600. The Hall–Kier alpha value is -1.23. The Morgan fingerprint density at radius 3 is 2.60 bits per heavy atom. The molecule has 1 aliphatic carbocycles. The first kappa shape index (κ1) is 15.2. The number of aliphatic hydroxyl groups is 1. The highest BCUT2D eigenvalue weighted by molar-refractivity contribution is 7.91. The average Bonchev–Trinajstić information content (AvgIpc) is 2.69. The number of nitro groups is 1. The summed E-state index contributed by atoms with van der Waals surface area (Å²) in [5, 5.41) is 19.6. The van der Waals surface area contributed by atoms with Crippen molar-refractivity contribution in [1.82, 2.24) is 4.31 Å². The lowest BCUT2D eigenvalue weighted by Crippen LogP contribution is -2.45. The highest BCUT2D eigenvalue weighted by atomic mass is 32.2. The molecule has 1 aromatic rings. The number of nitrogen functional groups attached to an aromatic ring is 1. The van der Waals surface area contributed by atoms with Gasteiger partial charge >= 0.3 is 5.69 Å². The summed E-state index contributed by atoms with van der Waals surface area (Å²) in [6.07, 6.45) is 2.42. The van der Waals surface area contributed by atoms with Crippen LogP contribution in [0, 0.1) is 10.1 Å². The smallest absolute Gasteiger partial charge is 0.304 e. The van der Waals surface area contributed by atoms with Gasteiger partial charge in [-0.1, -0.05) is 17.8 Å². The van der Waals surface area contributed by atoms with Crippen LogP contribution in [0.3, 0.4) is 0 Å². The zero-order valence-corrected chi connectivity index (χ0v) is 12.2. The summed E-state index contributed by atoms with van der Waals surface area (Å²) in [5.41, 5.74) is 5.08. The van der Waals surface area contributed by atoms with Gasteiger partial charge in [0.2, 0.25) is 0 Å². The molecule has 0 aliphatic heterocycles. The van der Waals surface area contributed by atoms with Gasteiger partial charge in [0.25, 0.3) is 10.0 Å². The molecule has 0 atom stereocenters. The Balaban J connectivity index is 2.36. The molecule has 1 fully saturated rings. The van der Waals surface area contributed by atoms with Gasteiger partial charge in [0.15, 0.2) is 5.00 Å². The molecule has 20 heavy (non-hydrogen) atoms. The first-order valence-electron chi connectivity index (χ1n) is 6.04. The summed E-state index contributed by atoms with van der Waals surface area (Å²) in [7, 11) is -3.85. The minimum Gasteiger partial charge on any atom is -0.395 e. The molecule has 3 N–H and O–H groups in total. The van der Waals surface area contributed by atoms with E-state index in [1.165, 1.54) is 4.31 Å². The van der Waals surface area contributed by atoms with E-state index < -0.39 is 20.6 Å². The summed E-state index contributed by atoms with van der Waals surface area (Å²) in [6, 6.07) is 0.841. The van der Waals surface area contributed by atoms with Crippen molar-refractivity contribution in [3.63, 3.8) is 0 Å². The summed E-state index contributed by atoms with van der Waals surface area (Å²) in [5.74, 6) is 0. The second kappa shape index (κ2) is 5.64. The van der Waals surface area contributed by atoms with Gasteiger partial charge in [-0.25, -0.2) is 8.42 Å². The molecule has 0 bridgehead atoms. The molecule has 0 spiro atoms. The minimum atomic E-state index is -3.85. The highest BCUT2D eigenvalue weighted by Gasteiger charge is 2.36. The standard InChI is InChI=1S/C10H15N3O5S2/c11-10-8(13(15)16)6-9(19-10)20(17,18)12(4-5-14)7-2-1-3-7/h6-7,14H,1-5,11H2. The van der Waals surface area contributed by atoms with Crippen LogP contribution in [0.25, 0.3) is 0 Å². The van der Waals surface area contributed by atoms with E-state index in [4.69, 9.17) is 10.8 Å². The molecule has 10 heteroatoms. The molecule has 0 saturated heterocycles. The largest absolute Gasteiger partial charge is 0.395 e. The van der Waals surface area contributed by atoms with Gasteiger partial charge in [-0.3, -0.25) is 10.1 Å². The molecule has 8 nitrogen and oxygen atoms in total. The SMILES string of the molecule is Nc1sc(S(=O)(=O)N(CCO)C2CCC2)cc1[N+](=O)[O-]. The summed E-state index contributed by atoms with van der Waals surface area (Å²) in [4.78, 5) is 10.0.